The molecule has 182 valence electrons. The summed E-state index contributed by atoms with van der Waals surface area (Å²) in [5.41, 5.74) is 8.30. The highest BCUT2D eigenvalue weighted by atomic mass is 32.1. The number of para-hydroxylation sites is 2. The maximum absolute atomic E-state index is 12.7. The molecule has 1 aliphatic rings. The van der Waals surface area contributed by atoms with Crippen LogP contribution in [0.1, 0.15) is 20.4 Å². The number of ether oxygens (including phenoxy) is 2. The lowest BCUT2D eigenvalue weighted by molar-refractivity contribution is -0.404. The molecule has 0 atom stereocenters. The molecular formula is C23H24N6O5S. The van der Waals surface area contributed by atoms with Crippen molar-refractivity contribution in [3.8, 4) is 11.5 Å². The van der Waals surface area contributed by atoms with Gasteiger partial charge in [0.25, 0.3) is 12.1 Å². The Balaban J connectivity index is 1.52. The monoisotopic (exact) mass is 496 g/mol. The van der Waals surface area contributed by atoms with E-state index in [2.05, 4.69) is 15.6 Å². The zero-order chi connectivity index (χ0) is 24.9. The van der Waals surface area contributed by atoms with E-state index in [1.165, 1.54) is 25.6 Å². The Hall–Kier alpha value is -4.32. The number of anilines is 3. The number of carbonyl (C=O) groups is 1. The molecule has 35 heavy (non-hydrogen) atoms. The fourth-order valence-electron chi connectivity index (χ4n) is 3.64. The van der Waals surface area contributed by atoms with Gasteiger partial charge in [0.15, 0.2) is 22.3 Å². The van der Waals surface area contributed by atoms with E-state index in [1.807, 2.05) is 4.90 Å². The van der Waals surface area contributed by atoms with Gasteiger partial charge in [-0.25, -0.2) is 4.98 Å². The molecule has 1 aliphatic heterocycles. The zero-order valence-electron chi connectivity index (χ0n) is 19.1. The Morgan fingerprint density at radius 1 is 1.20 bits per heavy atom. The SMILES string of the molecule is COc1ccc(NC(=C[N+](=O)[O-])N2CCc3nc(C(=O)Nc4ccccc4N)sc3C2)cc1OC. The lowest BCUT2D eigenvalue weighted by Crippen LogP contribution is -2.33. The van der Waals surface area contributed by atoms with Crippen molar-refractivity contribution in [3.05, 3.63) is 80.2 Å². The Morgan fingerprint density at radius 2 is 1.97 bits per heavy atom. The molecule has 2 heterocycles. The largest absolute Gasteiger partial charge is 0.493 e. The van der Waals surface area contributed by atoms with Crippen LogP contribution in [0.4, 0.5) is 17.1 Å². The second-order valence-corrected chi connectivity index (χ2v) is 8.68. The second kappa shape index (κ2) is 10.3. The molecule has 1 aromatic heterocycles. The molecule has 0 bridgehead atoms. The van der Waals surface area contributed by atoms with Crippen molar-refractivity contribution in [1.29, 1.82) is 0 Å². The second-order valence-electron chi connectivity index (χ2n) is 7.60. The van der Waals surface area contributed by atoms with Gasteiger partial charge in [0, 0.05) is 29.6 Å². The minimum atomic E-state index is -0.506. The van der Waals surface area contributed by atoms with Gasteiger partial charge in [-0.05, 0) is 24.3 Å². The molecule has 2 aromatic carbocycles. The van der Waals surface area contributed by atoms with Gasteiger partial charge in [-0.1, -0.05) is 12.1 Å². The molecule has 0 saturated carbocycles. The van der Waals surface area contributed by atoms with Crippen LogP contribution in [0.5, 0.6) is 11.5 Å². The molecule has 0 radical (unpaired) electrons. The van der Waals surface area contributed by atoms with Crippen LogP contribution in [-0.4, -0.2) is 41.5 Å². The number of nitrogens with one attached hydrogen (secondary N) is 2. The van der Waals surface area contributed by atoms with Crippen molar-refractivity contribution in [2.75, 3.05) is 37.1 Å². The number of nitro groups is 1. The number of fused-ring (bicyclic) bond motifs is 1. The van der Waals surface area contributed by atoms with Gasteiger partial charge in [0.05, 0.1) is 42.8 Å². The average molecular weight is 497 g/mol. The molecule has 4 rings (SSSR count). The van der Waals surface area contributed by atoms with E-state index < -0.39 is 4.92 Å². The van der Waals surface area contributed by atoms with E-state index in [0.29, 0.717) is 58.9 Å². The summed E-state index contributed by atoms with van der Waals surface area (Å²) in [6.45, 7) is 0.858. The molecule has 0 saturated heterocycles. The Kier molecular flexibility index (Phi) is 7.01. The van der Waals surface area contributed by atoms with Crippen LogP contribution in [0, 0.1) is 10.1 Å². The van der Waals surface area contributed by atoms with Gasteiger partial charge in [0.2, 0.25) is 0 Å². The predicted molar refractivity (Wildman–Crippen MR) is 133 cm³/mol. The number of hydrogen-bond donors (Lipinski definition) is 3. The Morgan fingerprint density at radius 3 is 2.69 bits per heavy atom. The van der Waals surface area contributed by atoms with Crippen LogP contribution >= 0.6 is 11.3 Å². The van der Waals surface area contributed by atoms with Crippen LogP contribution in [0.3, 0.4) is 0 Å². The number of benzene rings is 2. The third kappa shape index (κ3) is 5.44. The standard InChI is InChI=1S/C23H24N6O5S/c1-33-18-8-7-14(11-19(18)34-2)25-21(13-29(31)32)28-10-9-17-20(12-28)35-23(27-17)22(30)26-16-6-4-3-5-15(16)24/h3-8,11,13,25H,9-10,12,24H2,1-2H3,(H,26,30). The summed E-state index contributed by atoms with van der Waals surface area (Å²) in [6, 6.07) is 12.2. The first-order valence-corrected chi connectivity index (χ1v) is 11.4. The van der Waals surface area contributed by atoms with E-state index in [0.717, 1.165) is 16.8 Å². The first kappa shape index (κ1) is 23.8. The molecular weight excluding hydrogens is 472 g/mol. The van der Waals surface area contributed by atoms with Crippen molar-refractivity contribution >= 4 is 34.3 Å². The van der Waals surface area contributed by atoms with Crippen LogP contribution in [0.25, 0.3) is 0 Å². The van der Waals surface area contributed by atoms with Gasteiger partial charge in [-0.3, -0.25) is 14.9 Å². The zero-order valence-corrected chi connectivity index (χ0v) is 19.9. The summed E-state index contributed by atoms with van der Waals surface area (Å²) in [6.07, 6.45) is 1.46. The van der Waals surface area contributed by atoms with Crippen molar-refractivity contribution in [1.82, 2.24) is 9.88 Å². The minimum Gasteiger partial charge on any atom is -0.493 e. The summed E-state index contributed by atoms with van der Waals surface area (Å²) in [5.74, 6) is 1.01. The fraction of sp³-hybridized carbons (Fsp3) is 0.217. The summed E-state index contributed by atoms with van der Waals surface area (Å²) in [5, 5.41) is 17.6. The highest BCUT2D eigenvalue weighted by Crippen LogP contribution is 2.32. The molecule has 0 fully saturated rings. The number of nitrogen functional groups attached to an aromatic ring is 1. The Labute approximate surface area is 205 Å². The predicted octanol–water partition coefficient (Wildman–Crippen LogP) is 3.54. The molecule has 0 aliphatic carbocycles. The molecule has 4 N–H and O–H groups in total. The lowest BCUT2D eigenvalue weighted by Gasteiger charge is -2.29. The van der Waals surface area contributed by atoms with Gasteiger partial charge in [0.1, 0.15) is 0 Å². The van der Waals surface area contributed by atoms with E-state index in [9.17, 15) is 14.9 Å². The summed E-state index contributed by atoms with van der Waals surface area (Å²) < 4.78 is 10.6. The van der Waals surface area contributed by atoms with Crippen molar-refractivity contribution in [3.63, 3.8) is 0 Å². The van der Waals surface area contributed by atoms with Gasteiger partial charge in [-0.2, -0.15) is 0 Å². The number of aromatic nitrogens is 1. The number of hydrogen-bond acceptors (Lipinski definition) is 10. The van der Waals surface area contributed by atoms with Crippen molar-refractivity contribution in [2.24, 2.45) is 0 Å². The number of rotatable bonds is 8. The van der Waals surface area contributed by atoms with Gasteiger partial charge >= 0.3 is 0 Å². The number of amides is 1. The van der Waals surface area contributed by atoms with Gasteiger partial charge < -0.3 is 30.7 Å². The summed E-state index contributed by atoms with van der Waals surface area (Å²) >= 11 is 1.26. The highest BCUT2D eigenvalue weighted by Gasteiger charge is 2.26. The maximum Gasteiger partial charge on any atom is 0.284 e. The Bertz CT molecular complexity index is 1290. The maximum atomic E-state index is 12.7. The van der Waals surface area contributed by atoms with Gasteiger partial charge in [-0.15, -0.1) is 11.3 Å². The van der Waals surface area contributed by atoms with Crippen LogP contribution in [0.2, 0.25) is 0 Å². The number of nitrogens with two attached hydrogens (primary N) is 1. The molecule has 11 nitrogen and oxygen atoms in total. The van der Waals surface area contributed by atoms with Crippen LogP contribution in [0.15, 0.2) is 54.5 Å². The van der Waals surface area contributed by atoms with Crippen molar-refractivity contribution < 1.29 is 19.2 Å². The topological polar surface area (TPSA) is 145 Å². The summed E-state index contributed by atoms with van der Waals surface area (Å²) in [4.78, 5) is 30.8. The fourth-order valence-corrected chi connectivity index (χ4v) is 4.66. The van der Waals surface area contributed by atoms with E-state index in [4.69, 9.17) is 15.2 Å². The minimum absolute atomic E-state index is 0.310. The highest BCUT2D eigenvalue weighted by molar-refractivity contribution is 7.13. The average Bonchev–Trinajstić information content (AvgIpc) is 3.28. The van der Waals surface area contributed by atoms with E-state index in [1.54, 1.807) is 42.5 Å². The number of thiazole rings is 1. The lowest BCUT2D eigenvalue weighted by atomic mass is 10.2. The first-order valence-electron chi connectivity index (χ1n) is 10.6. The number of carbonyl (C=O) groups excluding carboxylic acids is 1. The summed E-state index contributed by atoms with van der Waals surface area (Å²) in [7, 11) is 3.05. The normalized spacial score (nSPS) is 13.1. The molecule has 1 amide bonds. The van der Waals surface area contributed by atoms with Crippen LogP contribution < -0.4 is 25.8 Å². The van der Waals surface area contributed by atoms with E-state index >= 15 is 0 Å². The quantitative estimate of drug-likeness (QED) is 0.242. The van der Waals surface area contributed by atoms with Crippen LogP contribution in [-0.2, 0) is 13.0 Å². The molecule has 3 aromatic rings. The third-order valence-electron chi connectivity index (χ3n) is 5.36. The third-order valence-corrected chi connectivity index (χ3v) is 6.44. The van der Waals surface area contributed by atoms with E-state index in [-0.39, 0.29) is 5.91 Å². The smallest absolute Gasteiger partial charge is 0.284 e. The number of nitrogens with zero attached hydrogens (tertiary/aromatic N) is 3. The molecule has 0 spiro atoms. The van der Waals surface area contributed by atoms with Crippen molar-refractivity contribution in [2.45, 2.75) is 13.0 Å². The molecule has 0 unspecified atom stereocenters. The first-order chi connectivity index (χ1) is 16.9. The number of methoxy groups -OCH3 is 2. The molecule has 12 heteroatoms.